The topological polar surface area (TPSA) is 58.2 Å². The first-order valence-corrected chi connectivity index (χ1v) is 12.8. The fraction of sp³-hybridized carbons (Fsp3) is 0.385. The standard InChI is InChI=1S/C26H30N2O2S2/c1-16(17-9-6-5-7-10-17)27-24(30)22-19-13-12-18(26(2,3)4)15-21(19)32-25(22)28-23(29)20-11-8-14-31-20/h5-11,14,16,18H,12-13,15H2,1-4H3,(H,27,30)(H,28,29)/t16-,18-/m1/s1. The summed E-state index contributed by atoms with van der Waals surface area (Å²) in [7, 11) is 0. The Morgan fingerprint density at radius 2 is 1.81 bits per heavy atom. The van der Waals surface area contributed by atoms with Crippen LogP contribution in [0.2, 0.25) is 0 Å². The maximum atomic E-state index is 13.5. The summed E-state index contributed by atoms with van der Waals surface area (Å²) in [5.74, 6) is 0.291. The number of carbonyl (C=O) groups excluding carboxylic acids is 2. The molecular weight excluding hydrogens is 436 g/mol. The van der Waals surface area contributed by atoms with Gasteiger partial charge in [0.15, 0.2) is 0 Å². The van der Waals surface area contributed by atoms with E-state index in [9.17, 15) is 9.59 Å². The minimum absolute atomic E-state index is 0.116. The third-order valence-corrected chi connectivity index (χ3v) is 8.37. The number of amides is 2. The van der Waals surface area contributed by atoms with E-state index in [1.165, 1.54) is 16.2 Å². The molecule has 0 aliphatic heterocycles. The zero-order valence-electron chi connectivity index (χ0n) is 19.0. The normalized spacial score (nSPS) is 16.8. The maximum Gasteiger partial charge on any atom is 0.266 e. The summed E-state index contributed by atoms with van der Waals surface area (Å²) in [4.78, 5) is 28.2. The van der Waals surface area contributed by atoms with Crippen LogP contribution < -0.4 is 10.6 Å². The van der Waals surface area contributed by atoms with E-state index in [-0.39, 0.29) is 23.3 Å². The summed E-state index contributed by atoms with van der Waals surface area (Å²) in [6, 6.07) is 13.5. The fourth-order valence-electron chi connectivity index (χ4n) is 4.32. The third kappa shape index (κ3) is 4.81. The van der Waals surface area contributed by atoms with E-state index in [0.29, 0.717) is 21.4 Å². The number of rotatable bonds is 5. The highest BCUT2D eigenvalue weighted by molar-refractivity contribution is 7.17. The van der Waals surface area contributed by atoms with E-state index in [4.69, 9.17) is 0 Å². The number of fused-ring (bicyclic) bond motifs is 1. The summed E-state index contributed by atoms with van der Waals surface area (Å²) in [6.45, 7) is 8.84. The van der Waals surface area contributed by atoms with Crippen LogP contribution in [0.3, 0.4) is 0 Å². The predicted octanol–water partition coefficient (Wildman–Crippen LogP) is 6.70. The summed E-state index contributed by atoms with van der Waals surface area (Å²) in [6.07, 6.45) is 2.87. The highest BCUT2D eigenvalue weighted by atomic mass is 32.1. The number of anilines is 1. The first-order valence-electron chi connectivity index (χ1n) is 11.1. The molecule has 1 aliphatic rings. The molecule has 2 aromatic heterocycles. The van der Waals surface area contributed by atoms with E-state index >= 15 is 0 Å². The molecule has 32 heavy (non-hydrogen) atoms. The predicted molar refractivity (Wildman–Crippen MR) is 134 cm³/mol. The van der Waals surface area contributed by atoms with E-state index in [2.05, 4.69) is 31.4 Å². The Labute approximate surface area is 198 Å². The van der Waals surface area contributed by atoms with Crippen molar-refractivity contribution in [3.05, 3.63) is 74.3 Å². The Bertz CT molecular complexity index is 1100. The highest BCUT2D eigenvalue weighted by Gasteiger charge is 2.34. The van der Waals surface area contributed by atoms with Gasteiger partial charge in [0.1, 0.15) is 5.00 Å². The van der Waals surface area contributed by atoms with Gasteiger partial charge in [-0.05, 0) is 60.1 Å². The van der Waals surface area contributed by atoms with Crippen LogP contribution in [0.25, 0.3) is 0 Å². The van der Waals surface area contributed by atoms with Crippen molar-refractivity contribution in [1.82, 2.24) is 5.32 Å². The van der Waals surface area contributed by atoms with Crippen molar-refractivity contribution in [1.29, 1.82) is 0 Å². The molecule has 0 spiro atoms. The van der Waals surface area contributed by atoms with Crippen molar-refractivity contribution >= 4 is 39.5 Å². The lowest BCUT2D eigenvalue weighted by atomic mass is 9.72. The number of nitrogens with one attached hydrogen (secondary N) is 2. The first-order chi connectivity index (χ1) is 15.2. The van der Waals surface area contributed by atoms with Crippen LogP contribution in [0.15, 0.2) is 47.8 Å². The number of benzene rings is 1. The SMILES string of the molecule is C[C@@H](NC(=O)c1c(NC(=O)c2cccs2)sc2c1CC[C@@H](C(C)(C)C)C2)c1ccccc1. The van der Waals surface area contributed by atoms with Crippen molar-refractivity contribution in [2.75, 3.05) is 5.32 Å². The molecule has 0 unspecified atom stereocenters. The molecule has 2 atom stereocenters. The lowest BCUT2D eigenvalue weighted by molar-refractivity contribution is 0.0939. The van der Waals surface area contributed by atoms with E-state index < -0.39 is 0 Å². The van der Waals surface area contributed by atoms with Crippen molar-refractivity contribution < 1.29 is 9.59 Å². The van der Waals surface area contributed by atoms with Gasteiger partial charge in [0.25, 0.3) is 11.8 Å². The molecule has 1 aliphatic carbocycles. The fourth-order valence-corrected chi connectivity index (χ4v) is 6.26. The lowest BCUT2D eigenvalue weighted by Crippen LogP contribution is -2.30. The van der Waals surface area contributed by atoms with Crippen LogP contribution >= 0.6 is 22.7 Å². The molecule has 0 radical (unpaired) electrons. The second-order valence-electron chi connectivity index (χ2n) is 9.55. The minimum atomic E-state index is -0.156. The highest BCUT2D eigenvalue weighted by Crippen LogP contribution is 2.44. The summed E-state index contributed by atoms with van der Waals surface area (Å²) in [5.41, 5.74) is 3.02. The third-order valence-electron chi connectivity index (χ3n) is 6.34. The van der Waals surface area contributed by atoms with Gasteiger partial charge in [-0.1, -0.05) is 57.2 Å². The molecule has 0 fully saturated rings. The largest absolute Gasteiger partial charge is 0.345 e. The molecule has 4 rings (SSSR count). The quantitative estimate of drug-likeness (QED) is 0.439. The first kappa shape index (κ1) is 22.7. The number of hydrogen-bond acceptors (Lipinski definition) is 4. The second kappa shape index (κ2) is 9.20. The summed E-state index contributed by atoms with van der Waals surface area (Å²) in [5, 5.41) is 8.76. The smallest absolute Gasteiger partial charge is 0.266 e. The van der Waals surface area contributed by atoms with E-state index in [0.717, 1.165) is 30.4 Å². The van der Waals surface area contributed by atoms with Crippen LogP contribution in [0, 0.1) is 11.3 Å². The van der Waals surface area contributed by atoms with E-state index in [1.807, 2.05) is 48.7 Å². The van der Waals surface area contributed by atoms with Crippen molar-refractivity contribution in [2.45, 2.75) is 53.0 Å². The van der Waals surface area contributed by atoms with Crippen molar-refractivity contribution in [3.8, 4) is 0 Å². The van der Waals surface area contributed by atoms with Gasteiger partial charge in [0.2, 0.25) is 0 Å². The van der Waals surface area contributed by atoms with Gasteiger partial charge in [-0.2, -0.15) is 0 Å². The van der Waals surface area contributed by atoms with Gasteiger partial charge in [0.05, 0.1) is 16.5 Å². The minimum Gasteiger partial charge on any atom is -0.345 e. The Kier molecular flexibility index (Phi) is 6.54. The van der Waals surface area contributed by atoms with Gasteiger partial charge in [-0.25, -0.2) is 0 Å². The molecule has 2 N–H and O–H groups in total. The Balaban J connectivity index is 1.65. The maximum absolute atomic E-state index is 13.5. The Hall–Kier alpha value is -2.44. The number of hydrogen-bond donors (Lipinski definition) is 2. The molecule has 6 heteroatoms. The van der Waals surface area contributed by atoms with Crippen molar-refractivity contribution in [3.63, 3.8) is 0 Å². The molecule has 168 valence electrons. The number of carbonyl (C=O) groups is 2. The zero-order chi connectivity index (χ0) is 22.9. The summed E-state index contributed by atoms with van der Waals surface area (Å²) >= 11 is 2.97. The molecule has 0 saturated heterocycles. The average molecular weight is 467 g/mol. The van der Waals surface area contributed by atoms with Crippen LogP contribution in [0.4, 0.5) is 5.00 Å². The molecule has 2 heterocycles. The van der Waals surface area contributed by atoms with E-state index in [1.54, 1.807) is 17.4 Å². The molecule has 0 saturated carbocycles. The zero-order valence-corrected chi connectivity index (χ0v) is 20.7. The summed E-state index contributed by atoms with van der Waals surface area (Å²) < 4.78 is 0. The van der Waals surface area contributed by atoms with Gasteiger partial charge in [-0.15, -0.1) is 22.7 Å². The number of thiophene rings is 2. The van der Waals surface area contributed by atoms with Crippen molar-refractivity contribution in [2.24, 2.45) is 11.3 Å². The van der Waals surface area contributed by atoms with Crippen LogP contribution in [0.1, 0.15) is 76.2 Å². The van der Waals surface area contributed by atoms with Gasteiger partial charge < -0.3 is 10.6 Å². The molecule has 2 amide bonds. The monoisotopic (exact) mass is 466 g/mol. The molecule has 0 bridgehead atoms. The molecule has 4 nitrogen and oxygen atoms in total. The second-order valence-corrected chi connectivity index (χ2v) is 11.6. The van der Waals surface area contributed by atoms with Crippen LogP contribution in [0.5, 0.6) is 0 Å². The van der Waals surface area contributed by atoms with Crippen LogP contribution in [-0.4, -0.2) is 11.8 Å². The molecular formula is C26H30N2O2S2. The van der Waals surface area contributed by atoms with Crippen LogP contribution in [-0.2, 0) is 12.8 Å². The molecule has 1 aromatic carbocycles. The Morgan fingerprint density at radius 1 is 1.06 bits per heavy atom. The van der Waals surface area contributed by atoms with Gasteiger partial charge in [0, 0.05) is 4.88 Å². The molecule has 3 aromatic rings. The average Bonchev–Trinajstić information content (AvgIpc) is 3.41. The lowest BCUT2D eigenvalue weighted by Gasteiger charge is -2.34. The van der Waals surface area contributed by atoms with Gasteiger partial charge >= 0.3 is 0 Å². The van der Waals surface area contributed by atoms with Gasteiger partial charge in [-0.3, -0.25) is 9.59 Å². The Morgan fingerprint density at radius 3 is 2.47 bits per heavy atom.